The molecule has 3 nitrogen and oxygen atoms in total. The van der Waals surface area contributed by atoms with Crippen LogP contribution in [0.15, 0.2) is 40.4 Å². The monoisotopic (exact) mass is 354 g/mol. The molecule has 0 saturated heterocycles. The quantitative estimate of drug-likeness (QED) is 0.681. The number of carbonyl (C=O) groups is 1. The number of nitrogens with zero attached hydrogens (tertiary/aromatic N) is 1. The van der Waals surface area contributed by atoms with Gasteiger partial charge < -0.3 is 5.32 Å². The van der Waals surface area contributed by atoms with Gasteiger partial charge in [0.1, 0.15) is 10.7 Å². The fourth-order valence-electron chi connectivity index (χ4n) is 1.68. The molecule has 2 heterocycles. The van der Waals surface area contributed by atoms with Crippen molar-refractivity contribution < 1.29 is 4.79 Å². The van der Waals surface area contributed by atoms with E-state index in [0.717, 1.165) is 10.6 Å². The van der Waals surface area contributed by atoms with Crippen LogP contribution in [0.1, 0.15) is 10.5 Å². The minimum Gasteiger partial charge on any atom is -0.319 e. The third-order valence-corrected chi connectivity index (χ3v) is 5.10. The standard InChI is InChI=1S/C14H8Cl2N2OS2/c15-9-2-1-3-10(12(9)16)17-13(19)11-7-21-14(18-11)8-4-5-20-6-8/h1-7H,(H,17,19). The minimum absolute atomic E-state index is 0.308. The van der Waals surface area contributed by atoms with E-state index in [9.17, 15) is 4.79 Å². The van der Waals surface area contributed by atoms with Gasteiger partial charge in [-0.15, -0.1) is 11.3 Å². The van der Waals surface area contributed by atoms with Crippen LogP contribution >= 0.6 is 45.9 Å². The lowest BCUT2D eigenvalue weighted by molar-refractivity contribution is 0.102. The minimum atomic E-state index is -0.308. The number of rotatable bonds is 3. The van der Waals surface area contributed by atoms with Crippen LogP contribution in [-0.2, 0) is 0 Å². The Bertz CT molecular complexity index is 784. The number of thiazole rings is 1. The van der Waals surface area contributed by atoms with Crippen molar-refractivity contribution in [3.63, 3.8) is 0 Å². The van der Waals surface area contributed by atoms with Crippen LogP contribution in [0.5, 0.6) is 0 Å². The Balaban J connectivity index is 1.81. The highest BCUT2D eigenvalue weighted by atomic mass is 35.5. The summed E-state index contributed by atoms with van der Waals surface area (Å²) in [5.74, 6) is -0.308. The van der Waals surface area contributed by atoms with Crippen molar-refractivity contribution in [2.75, 3.05) is 5.32 Å². The van der Waals surface area contributed by atoms with Gasteiger partial charge in [0.15, 0.2) is 0 Å². The van der Waals surface area contributed by atoms with Gasteiger partial charge in [-0.3, -0.25) is 4.79 Å². The molecular weight excluding hydrogens is 347 g/mol. The molecule has 0 aliphatic carbocycles. The zero-order valence-electron chi connectivity index (χ0n) is 10.5. The SMILES string of the molecule is O=C(Nc1cccc(Cl)c1Cl)c1csc(-c2ccsc2)n1. The number of benzene rings is 1. The number of hydrogen-bond acceptors (Lipinski definition) is 4. The lowest BCUT2D eigenvalue weighted by atomic mass is 10.3. The summed E-state index contributed by atoms with van der Waals surface area (Å²) < 4.78 is 0. The van der Waals surface area contributed by atoms with Crippen LogP contribution in [0, 0.1) is 0 Å². The summed E-state index contributed by atoms with van der Waals surface area (Å²) in [6.45, 7) is 0. The summed E-state index contributed by atoms with van der Waals surface area (Å²) in [5, 5.41) is 9.94. The van der Waals surface area contributed by atoms with Crippen LogP contribution in [0.4, 0.5) is 5.69 Å². The predicted octanol–water partition coefficient (Wildman–Crippen LogP) is 5.43. The van der Waals surface area contributed by atoms with E-state index in [1.165, 1.54) is 11.3 Å². The van der Waals surface area contributed by atoms with E-state index in [1.54, 1.807) is 34.9 Å². The molecule has 106 valence electrons. The van der Waals surface area contributed by atoms with E-state index in [-0.39, 0.29) is 5.91 Å². The maximum absolute atomic E-state index is 12.2. The first-order valence-corrected chi connectivity index (χ1v) is 8.46. The zero-order valence-corrected chi connectivity index (χ0v) is 13.6. The first-order chi connectivity index (χ1) is 10.1. The van der Waals surface area contributed by atoms with E-state index in [2.05, 4.69) is 10.3 Å². The first kappa shape index (κ1) is 14.5. The lowest BCUT2D eigenvalue weighted by Crippen LogP contribution is -2.12. The molecule has 3 rings (SSSR count). The van der Waals surface area contributed by atoms with E-state index in [0.29, 0.717) is 21.4 Å². The van der Waals surface area contributed by atoms with Crippen molar-refractivity contribution in [3.05, 3.63) is 56.1 Å². The molecule has 3 aromatic rings. The van der Waals surface area contributed by atoms with Crippen molar-refractivity contribution in [2.45, 2.75) is 0 Å². The Morgan fingerprint density at radius 1 is 1.19 bits per heavy atom. The van der Waals surface area contributed by atoms with Crippen LogP contribution in [0.2, 0.25) is 10.0 Å². The normalized spacial score (nSPS) is 10.6. The smallest absolute Gasteiger partial charge is 0.275 e. The molecule has 0 aliphatic heterocycles. The number of anilines is 1. The molecule has 0 unspecified atom stereocenters. The van der Waals surface area contributed by atoms with Crippen LogP contribution < -0.4 is 5.32 Å². The van der Waals surface area contributed by atoms with E-state index in [4.69, 9.17) is 23.2 Å². The van der Waals surface area contributed by atoms with Crippen molar-refractivity contribution in [3.8, 4) is 10.6 Å². The first-order valence-electron chi connectivity index (χ1n) is 5.88. The summed E-state index contributed by atoms with van der Waals surface area (Å²) in [7, 11) is 0. The molecule has 7 heteroatoms. The second-order valence-electron chi connectivity index (χ2n) is 4.11. The summed E-state index contributed by atoms with van der Waals surface area (Å²) in [6.07, 6.45) is 0. The Hall–Kier alpha value is -1.40. The molecule has 0 spiro atoms. The third-order valence-electron chi connectivity index (χ3n) is 2.70. The average molecular weight is 355 g/mol. The fourth-order valence-corrected chi connectivity index (χ4v) is 3.54. The molecule has 1 amide bonds. The molecule has 1 N–H and O–H groups in total. The maximum Gasteiger partial charge on any atom is 0.275 e. The lowest BCUT2D eigenvalue weighted by Gasteiger charge is -2.06. The van der Waals surface area contributed by atoms with E-state index < -0.39 is 0 Å². The molecule has 0 bridgehead atoms. The van der Waals surface area contributed by atoms with Gasteiger partial charge in [0.05, 0.1) is 15.7 Å². The largest absolute Gasteiger partial charge is 0.319 e. The highest BCUT2D eigenvalue weighted by Gasteiger charge is 2.14. The molecule has 0 fully saturated rings. The van der Waals surface area contributed by atoms with Gasteiger partial charge in [-0.25, -0.2) is 4.98 Å². The molecular formula is C14H8Cl2N2OS2. The van der Waals surface area contributed by atoms with Crippen LogP contribution in [-0.4, -0.2) is 10.9 Å². The Morgan fingerprint density at radius 3 is 2.81 bits per heavy atom. The summed E-state index contributed by atoms with van der Waals surface area (Å²) in [4.78, 5) is 16.5. The highest BCUT2D eigenvalue weighted by molar-refractivity contribution is 7.14. The van der Waals surface area contributed by atoms with Gasteiger partial charge in [0.2, 0.25) is 0 Å². The molecule has 1 aromatic carbocycles. The third kappa shape index (κ3) is 3.11. The van der Waals surface area contributed by atoms with Crippen LogP contribution in [0.3, 0.4) is 0 Å². The molecule has 21 heavy (non-hydrogen) atoms. The zero-order chi connectivity index (χ0) is 14.8. The van der Waals surface area contributed by atoms with E-state index >= 15 is 0 Å². The van der Waals surface area contributed by atoms with E-state index in [1.807, 2.05) is 16.8 Å². The Labute approximate surface area is 139 Å². The topological polar surface area (TPSA) is 42.0 Å². The van der Waals surface area contributed by atoms with Gasteiger partial charge in [-0.2, -0.15) is 11.3 Å². The van der Waals surface area contributed by atoms with Crippen molar-refractivity contribution >= 4 is 57.5 Å². The summed E-state index contributed by atoms with van der Waals surface area (Å²) in [5.41, 5.74) is 1.85. The number of hydrogen-bond donors (Lipinski definition) is 1. The molecule has 0 saturated carbocycles. The predicted molar refractivity (Wildman–Crippen MR) is 89.8 cm³/mol. The average Bonchev–Trinajstić information content (AvgIpc) is 3.13. The molecule has 0 radical (unpaired) electrons. The number of amides is 1. The number of halogens is 2. The van der Waals surface area contributed by atoms with Gasteiger partial charge >= 0.3 is 0 Å². The number of aromatic nitrogens is 1. The van der Waals surface area contributed by atoms with Gasteiger partial charge in [-0.05, 0) is 23.6 Å². The van der Waals surface area contributed by atoms with Gasteiger partial charge in [-0.1, -0.05) is 29.3 Å². The van der Waals surface area contributed by atoms with Crippen molar-refractivity contribution in [1.82, 2.24) is 4.98 Å². The number of carbonyl (C=O) groups excluding carboxylic acids is 1. The molecule has 2 aromatic heterocycles. The Kier molecular flexibility index (Phi) is 4.26. The molecule has 0 atom stereocenters. The summed E-state index contributed by atoms with van der Waals surface area (Å²) >= 11 is 15.0. The van der Waals surface area contributed by atoms with Gasteiger partial charge in [0.25, 0.3) is 5.91 Å². The maximum atomic E-state index is 12.2. The van der Waals surface area contributed by atoms with Crippen molar-refractivity contribution in [1.29, 1.82) is 0 Å². The van der Waals surface area contributed by atoms with Crippen LogP contribution in [0.25, 0.3) is 10.6 Å². The van der Waals surface area contributed by atoms with Gasteiger partial charge in [0, 0.05) is 16.3 Å². The number of nitrogens with one attached hydrogen (secondary N) is 1. The molecule has 0 aliphatic rings. The second kappa shape index (κ2) is 6.15. The Morgan fingerprint density at radius 2 is 2.05 bits per heavy atom. The summed E-state index contributed by atoms with van der Waals surface area (Å²) in [6, 6.07) is 7.05. The highest BCUT2D eigenvalue weighted by Crippen LogP contribution is 2.30. The van der Waals surface area contributed by atoms with Crippen molar-refractivity contribution in [2.24, 2.45) is 0 Å². The second-order valence-corrected chi connectivity index (χ2v) is 6.53. The fraction of sp³-hybridized carbons (Fsp3) is 0. The number of thiophene rings is 1.